The van der Waals surface area contributed by atoms with Crippen LogP contribution >= 0.6 is 0 Å². The van der Waals surface area contributed by atoms with Crippen molar-refractivity contribution in [3.05, 3.63) is 60.2 Å². The number of urea groups is 1. The molecular formula is C22H26N6O2. The number of carbonyl (C=O) groups is 1. The number of pyridine rings is 1. The van der Waals surface area contributed by atoms with E-state index in [2.05, 4.69) is 43.9 Å². The standard InChI is InChI=1S/C22H26N6O2/c1-5-25-22(29)28-18-7-6-16(9-20(18)30-4)19-12-24-13-21(27-19)26-15(3)17-8-14(2)10-23-11-17/h6-13,15H,5H2,1-4H3,(H,26,27)(H2,25,28,29). The highest BCUT2D eigenvalue weighted by Crippen LogP contribution is 2.30. The van der Waals surface area contributed by atoms with Crippen molar-refractivity contribution in [2.45, 2.75) is 26.8 Å². The third-order valence-corrected chi connectivity index (χ3v) is 4.48. The van der Waals surface area contributed by atoms with E-state index in [0.717, 1.165) is 16.7 Å². The van der Waals surface area contributed by atoms with Crippen molar-refractivity contribution >= 4 is 17.5 Å². The molecule has 8 heteroatoms. The normalized spacial score (nSPS) is 11.5. The van der Waals surface area contributed by atoms with E-state index in [9.17, 15) is 4.79 Å². The first-order valence-corrected chi connectivity index (χ1v) is 9.73. The summed E-state index contributed by atoms with van der Waals surface area (Å²) in [6, 6.07) is 7.31. The number of nitrogens with one attached hydrogen (secondary N) is 3. The number of aryl methyl sites for hydroxylation is 1. The van der Waals surface area contributed by atoms with Gasteiger partial charge in [-0.05, 0) is 44.0 Å². The van der Waals surface area contributed by atoms with E-state index in [1.807, 2.05) is 38.4 Å². The van der Waals surface area contributed by atoms with Gasteiger partial charge in [0.1, 0.15) is 11.6 Å². The molecule has 3 N–H and O–H groups in total. The molecule has 1 unspecified atom stereocenters. The first-order valence-electron chi connectivity index (χ1n) is 9.73. The minimum atomic E-state index is -0.283. The maximum atomic E-state index is 11.8. The lowest BCUT2D eigenvalue weighted by Gasteiger charge is -2.16. The van der Waals surface area contributed by atoms with Gasteiger partial charge in [0.25, 0.3) is 0 Å². The van der Waals surface area contributed by atoms with Gasteiger partial charge < -0.3 is 20.7 Å². The molecule has 0 fully saturated rings. The molecule has 0 bridgehead atoms. The second kappa shape index (κ2) is 9.69. The Morgan fingerprint density at radius 3 is 2.67 bits per heavy atom. The summed E-state index contributed by atoms with van der Waals surface area (Å²) in [4.78, 5) is 25.0. The van der Waals surface area contributed by atoms with Gasteiger partial charge >= 0.3 is 6.03 Å². The Labute approximate surface area is 176 Å². The van der Waals surface area contributed by atoms with Gasteiger partial charge in [0.05, 0.1) is 36.9 Å². The predicted octanol–water partition coefficient (Wildman–Crippen LogP) is 4.17. The minimum Gasteiger partial charge on any atom is -0.495 e. The van der Waals surface area contributed by atoms with Crippen molar-refractivity contribution in [3.63, 3.8) is 0 Å². The fourth-order valence-electron chi connectivity index (χ4n) is 2.98. The van der Waals surface area contributed by atoms with Gasteiger partial charge in [-0.1, -0.05) is 12.1 Å². The molecule has 1 aromatic carbocycles. The van der Waals surface area contributed by atoms with E-state index in [0.29, 0.717) is 29.5 Å². The third-order valence-electron chi connectivity index (χ3n) is 4.48. The lowest BCUT2D eigenvalue weighted by Crippen LogP contribution is -2.28. The number of hydrogen-bond donors (Lipinski definition) is 3. The van der Waals surface area contributed by atoms with Crippen LogP contribution in [0, 0.1) is 6.92 Å². The van der Waals surface area contributed by atoms with Crippen LogP contribution < -0.4 is 20.7 Å². The summed E-state index contributed by atoms with van der Waals surface area (Å²) in [6.45, 7) is 6.46. The first-order chi connectivity index (χ1) is 14.5. The monoisotopic (exact) mass is 406 g/mol. The van der Waals surface area contributed by atoms with Gasteiger partial charge in [0.2, 0.25) is 0 Å². The van der Waals surface area contributed by atoms with Gasteiger partial charge in [0.15, 0.2) is 0 Å². The smallest absolute Gasteiger partial charge is 0.319 e. The van der Waals surface area contributed by atoms with E-state index in [-0.39, 0.29) is 12.1 Å². The van der Waals surface area contributed by atoms with Crippen LogP contribution in [0.25, 0.3) is 11.3 Å². The van der Waals surface area contributed by atoms with E-state index < -0.39 is 0 Å². The SMILES string of the molecule is CCNC(=O)Nc1ccc(-c2cncc(NC(C)c3cncc(C)c3)n2)cc1OC. The van der Waals surface area contributed by atoms with Crippen LogP contribution in [0.5, 0.6) is 5.75 Å². The number of hydrogen-bond acceptors (Lipinski definition) is 6. The van der Waals surface area contributed by atoms with Crippen molar-refractivity contribution in [3.8, 4) is 17.0 Å². The van der Waals surface area contributed by atoms with Crippen LogP contribution in [0.4, 0.5) is 16.3 Å². The zero-order chi connectivity index (χ0) is 21.5. The molecule has 0 aliphatic heterocycles. The fourth-order valence-corrected chi connectivity index (χ4v) is 2.98. The molecule has 8 nitrogen and oxygen atoms in total. The molecule has 2 heterocycles. The van der Waals surface area contributed by atoms with Gasteiger partial charge in [-0.3, -0.25) is 9.97 Å². The summed E-state index contributed by atoms with van der Waals surface area (Å²) in [5.74, 6) is 1.20. The number of benzene rings is 1. The van der Waals surface area contributed by atoms with E-state index in [1.54, 1.807) is 25.6 Å². The number of ether oxygens (including phenoxy) is 1. The van der Waals surface area contributed by atoms with E-state index in [4.69, 9.17) is 4.74 Å². The maximum Gasteiger partial charge on any atom is 0.319 e. The first kappa shape index (κ1) is 21.0. The third kappa shape index (κ3) is 5.22. The van der Waals surface area contributed by atoms with Crippen LogP contribution in [0.15, 0.2) is 49.1 Å². The largest absolute Gasteiger partial charge is 0.495 e. The molecule has 0 saturated heterocycles. The van der Waals surface area contributed by atoms with Gasteiger partial charge in [0, 0.05) is 24.5 Å². The Morgan fingerprint density at radius 1 is 1.13 bits per heavy atom. The second-order valence-electron chi connectivity index (χ2n) is 6.85. The molecule has 0 aliphatic rings. The molecule has 0 aliphatic carbocycles. The summed E-state index contributed by atoms with van der Waals surface area (Å²) in [6.07, 6.45) is 7.04. The Balaban J connectivity index is 1.80. The van der Waals surface area contributed by atoms with E-state index in [1.165, 1.54) is 0 Å². The molecule has 2 aromatic heterocycles. The van der Waals surface area contributed by atoms with Gasteiger partial charge in [-0.15, -0.1) is 0 Å². The highest BCUT2D eigenvalue weighted by molar-refractivity contribution is 5.91. The average molecular weight is 406 g/mol. The molecule has 3 aromatic rings. The lowest BCUT2D eigenvalue weighted by atomic mass is 10.1. The number of carbonyl (C=O) groups excluding carboxylic acids is 1. The molecule has 2 amide bonds. The molecule has 1 atom stereocenters. The van der Waals surface area contributed by atoms with E-state index >= 15 is 0 Å². The predicted molar refractivity (Wildman–Crippen MR) is 118 cm³/mol. The Morgan fingerprint density at radius 2 is 1.93 bits per heavy atom. The van der Waals surface area contributed by atoms with Gasteiger partial charge in [-0.2, -0.15) is 0 Å². The zero-order valence-electron chi connectivity index (χ0n) is 17.6. The number of rotatable bonds is 7. The number of amides is 2. The van der Waals surface area contributed by atoms with Crippen molar-refractivity contribution < 1.29 is 9.53 Å². The Hall–Kier alpha value is -3.68. The summed E-state index contributed by atoms with van der Waals surface area (Å²) in [7, 11) is 1.56. The van der Waals surface area contributed by atoms with Crippen LogP contribution in [0.2, 0.25) is 0 Å². The summed E-state index contributed by atoms with van der Waals surface area (Å²) in [5, 5.41) is 8.83. The number of methoxy groups -OCH3 is 1. The topological polar surface area (TPSA) is 101 Å². The van der Waals surface area contributed by atoms with Crippen molar-refractivity contribution in [2.24, 2.45) is 0 Å². The number of nitrogens with zero attached hydrogens (tertiary/aromatic N) is 3. The van der Waals surface area contributed by atoms with Gasteiger partial charge in [-0.25, -0.2) is 9.78 Å². The number of aromatic nitrogens is 3. The van der Waals surface area contributed by atoms with Crippen LogP contribution in [-0.4, -0.2) is 34.6 Å². The average Bonchev–Trinajstić information content (AvgIpc) is 2.74. The number of anilines is 2. The minimum absolute atomic E-state index is 0.0279. The summed E-state index contributed by atoms with van der Waals surface area (Å²) in [5.41, 5.74) is 4.28. The Kier molecular flexibility index (Phi) is 6.79. The highest BCUT2D eigenvalue weighted by Gasteiger charge is 2.12. The maximum absolute atomic E-state index is 11.8. The Bertz CT molecular complexity index is 1020. The molecule has 156 valence electrons. The molecular weight excluding hydrogens is 380 g/mol. The lowest BCUT2D eigenvalue weighted by molar-refractivity contribution is 0.252. The quantitative estimate of drug-likeness (QED) is 0.544. The second-order valence-corrected chi connectivity index (χ2v) is 6.85. The molecule has 3 rings (SSSR count). The summed E-state index contributed by atoms with van der Waals surface area (Å²) >= 11 is 0. The van der Waals surface area contributed by atoms with Crippen molar-refractivity contribution in [1.29, 1.82) is 0 Å². The molecule has 0 saturated carbocycles. The molecule has 30 heavy (non-hydrogen) atoms. The molecule has 0 spiro atoms. The van der Waals surface area contributed by atoms with Crippen LogP contribution in [0.1, 0.15) is 31.0 Å². The zero-order valence-corrected chi connectivity index (χ0v) is 17.6. The highest BCUT2D eigenvalue weighted by atomic mass is 16.5. The fraction of sp³-hybridized carbons (Fsp3) is 0.273. The molecule has 0 radical (unpaired) electrons. The summed E-state index contributed by atoms with van der Waals surface area (Å²) < 4.78 is 5.44. The van der Waals surface area contributed by atoms with Crippen LogP contribution in [-0.2, 0) is 0 Å². The van der Waals surface area contributed by atoms with Crippen molar-refractivity contribution in [2.75, 3.05) is 24.3 Å². The van der Waals surface area contributed by atoms with Crippen molar-refractivity contribution in [1.82, 2.24) is 20.3 Å². The van der Waals surface area contributed by atoms with Crippen LogP contribution in [0.3, 0.4) is 0 Å².